The van der Waals surface area contributed by atoms with Crippen molar-refractivity contribution < 1.29 is 5.11 Å². The largest absolute Gasteiger partial charge is 0.387 e. The molecule has 2 aliphatic rings. The molecule has 1 fully saturated rings. The van der Waals surface area contributed by atoms with E-state index in [1.54, 1.807) is 0 Å². The summed E-state index contributed by atoms with van der Waals surface area (Å²) in [6, 6.07) is 10.6. The Hall–Kier alpha value is -1.46. The van der Waals surface area contributed by atoms with Gasteiger partial charge in [-0.05, 0) is 36.7 Å². The lowest BCUT2D eigenvalue weighted by Crippen LogP contribution is -2.44. The number of nitrogens with one attached hydrogen (secondary N) is 1. The molecule has 24 heavy (non-hydrogen) atoms. The van der Waals surface area contributed by atoms with E-state index < -0.39 is 5.60 Å². The summed E-state index contributed by atoms with van der Waals surface area (Å²) in [7, 11) is 0. The molecule has 0 radical (unpaired) electrons. The van der Waals surface area contributed by atoms with Gasteiger partial charge < -0.3 is 15.3 Å². The second-order valence-electron chi connectivity index (χ2n) is 6.49. The van der Waals surface area contributed by atoms with Crippen molar-refractivity contribution in [2.45, 2.75) is 25.4 Å². The van der Waals surface area contributed by atoms with Crippen molar-refractivity contribution in [2.75, 3.05) is 37.7 Å². The highest BCUT2D eigenvalue weighted by Crippen LogP contribution is 2.28. The number of thioether (sulfide) groups is 1. The zero-order valence-corrected chi connectivity index (χ0v) is 15.2. The number of hydrogen-bond donors (Lipinski definition) is 2. The van der Waals surface area contributed by atoms with Crippen molar-refractivity contribution in [3.05, 3.63) is 42.0 Å². The predicted molar refractivity (Wildman–Crippen MR) is 103 cm³/mol. The lowest BCUT2D eigenvalue weighted by molar-refractivity contribution is 0.0776. The highest BCUT2D eigenvalue weighted by atomic mass is 32.2. The molecule has 1 unspecified atom stereocenters. The minimum atomic E-state index is -0.619. The summed E-state index contributed by atoms with van der Waals surface area (Å²) in [5, 5.41) is 13.9. The van der Waals surface area contributed by atoms with Gasteiger partial charge in [-0.15, -0.1) is 0 Å². The average Bonchev–Trinajstić information content (AvgIpc) is 3.06. The van der Waals surface area contributed by atoms with Crippen molar-refractivity contribution in [2.24, 2.45) is 4.99 Å². The van der Waals surface area contributed by atoms with Crippen LogP contribution in [0.25, 0.3) is 5.57 Å². The molecule has 2 heterocycles. The third-order valence-electron chi connectivity index (χ3n) is 4.59. The Kier molecular flexibility index (Phi) is 5.85. The van der Waals surface area contributed by atoms with Crippen LogP contribution in [0.1, 0.15) is 25.3 Å². The molecule has 0 amide bonds. The van der Waals surface area contributed by atoms with Crippen LogP contribution in [-0.2, 0) is 0 Å². The summed E-state index contributed by atoms with van der Waals surface area (Å²) in [5.41, 5.74) is 2.11. The van der Waals surface area contributed by atoms with Crippen LogP contribution >= 0.6 is 11.8 Å². The van der Waals surface area contributed by atoms with E-state index in [0.717, 1.165) is 49.9 Å². The van der Waals surface area contributed by atoms with Gasteiger partial charge in [0, 0.05) is 25.4 Å². The molecule has 1 aromatic rings. The topological polar surface area (TPSA) is 47.9 Å². The average molecular weight is 346 g/mol. The van der Waals surface area contributed by atoms with Crippen LogP contribution in [0.5, 0.6) is 0 Å². The van der Waals surface area contributed by atoms with Gasteiger partial charge in [-0.3, -0.25) is 4.99 Å². The molecule has 5 heteroatoms. The van der Waals surface area contributed by atoms with E-state index in [-0.39, 0.29) is 0 Å². The highest BCUT2D eigenvalue weighted by molar-refractivity contribution is 7.99. The normalized spacial score (nSPS) is 24.8. The van der Waals surface area contributed by atoms with Gasteiger partial charge in [0.25, 0.3) is 0 Å². The summed E-state index contributed by atoms with van der Waals surface area (Å²) in [5.74, 6) is 2.76. The summed E-state index contributed by atoms with van der Waals surface area (Å²) >= 11 is 1.82. The number of nitrogens with zero attached hydrogens (tertiary/aromatic N) is 2. The van der Waals surface area contributed by atoms with Crippen LogP contribution in [-0.4, -0.2) is 59.3 Å². The first kappa shape index (κ1) is 17.4. The molecular formula is C19H27N3OS. The molecule has 0 aromatic heterocycles. The van der Waals surface area contributed by atoms with Crippen LogP contribution in [0.2, 0.25) is 0 Å². The summed E-state index contributed by atoms with van der Waals surface area (Å²) in [6.07, 6.45) is 4.17. The Labute approximate surface area is 149 Å². The zero-order valence-electron chi connectivity index (χ0n) is 14.4. The number of rotatable bonds is 4. The Morgan fingerprint density at radius 3 is 2.83 bits per heavy atom. The molecular weight excluding hydrogens is 318 g/mol. The van der Waals surface area contributed by atoms with Gasteiger partial charge in [-0.1, -0.05) is 36.4 Å². The quantitative estimate of drug-likeness (QED) is 0.650. The van der Waals surface area contributed by atoms with Crippen LogP contribution in [0.4, 0.5) is 0 Å². The van der Waals surface area contributed by atoms with E-state index in [9.17, 15) is 5.11 Å². The molecule has 2 N–H and O–H groups in total. The molecule has 1 atom stereocenters. The second kappa shape index (κ2) is 8.08. The van der Waals surface area contributed by atoms with Crippen LogP contribution < -0.4 is 5.32 Å². The molecule has 3 rings (SSSR count). The minimum Gasteiger partial charge on any atom is -0.387 e. The van der Waals surface area contributed by atoms with Gasteiger partial charge in [-0.25, -0.2) is 0 Å². The Morgan fingerprint density at radius 1 is 1.38 bits per heavy atom. The van der Waals surface area contributed by atoms with E-state index in [1.807, 2.05) is 11.8 Å². The summed E-state index contributed by atoms with van der Waals surface area (Å²) in [6.45, 7) is 5.25. The van der Waals surface area contributed by atoms with Crippen molar-refractivity contribution in [3.8, 4) is 0 Å². The minimum absolute atomic E-state index is 0.494. The fraction of sp³-hybridized carbons (Fsp3) is 0.526. The molecule has 1 aromatic carbocycles. The van der Waals surface area contributed by atoms with Crippen LogP contribution in [0.3, 0.4) is 0 Å². The number of hydrogen-bond acceptors (Lipinski definition) is 3. The molecule has 0 bridgehead atoms. The maximum atomic E-state index is 10.5. The maximum absolute atomic E-state index is 10.5. The first-order chi connectivity index (χ1) is 11.7. The number of benzene rings is 1. The fourth-order valence-corrected chi connectivity index (χ4v) is 4.43. The first-order valence-electron chi connectivity index (χ1n) is 8.78. The third kappa shape index (κ3) is 4.33. The van der Waals surface area contributed by atoms with Gasteiger partial charge in [0.1, 0.15) is 0 Å². The molecule has 2 aliphatic heterocycles. The van der Waals surface area contributed by atoms with Gasteiger partial charge in [0.05, 0.1) is 12.1 Å². The second-order valence-corrected chi connectivity index (χ2v) is 7.59. The SMILES string of the molecule is CCNC(=NCC1(O)CCSC1)N1CC=C(c2ccccc2)CC1. The van der Waals surface area contributed by atoms with Crippen molar-refractivity contribution in [1.29, 1.82) is 0 Å². The Bertz CT molecular complexity index is 594. The number of aliphatic hydroxyl groups is 1. The third-order valence-corrected chi connectivity index (χ3v) is 5.83. The molecule has 1 saturated heterocycles. The van der Waals surface area contributed by atoms with Crippen molar-refractivity contribution >= 4 is 23.3 Å². The fourth-order valence-electron chi connectivity index (χ4n) is 3.14. The maximum Gasteiger partial charge on any atom is 0.194 e. The van der Waals surface area contributed by atoms with Crippen LogP contribution in [0, 0.1) is 0 Å². The monoisotopic (exact) mass is 345 g/mol. The standard InChI is InChI=1S/C19H27N3OS/c1-2-20-18(21-14-19(23)10-13-24-15-19)22-11-8-17(9-12-22)16-6-4-3-5-7-16/h3-8,23H,2,9-15H2,1H3,(H,20,21). The van der Waals surface area contributed by atoms with E-state index in [2.05, 4.69) is 53.5 Å². The van der Waals surface area contributed by atoms with Gasteiger partial charge in [-0.2, -0.15) is 11.8 Å². The van der Waals surface area contributed by atoms with Gasteiger partial charge in [0.15, 0.2) is 5.96 Å². The Morgan fingerprint density at radius 2 is 2.21 bits per heavy atom. The summed E-state index contributed by atoms with van der Waals surface area (Å²) in [4.78, 5) is 7.01. The van der Waals surface area contributed by atoms with E-state index in [1.165, 1.54) is 11.1 Å². The first-order valence-corrected chi connectivity index (χ1v) is 9.93. The number of aliphatic imine (C=N–C) groups is 1. The van der Waals surface area contributed by atoms with Crippen molar-refractivity contribution in [1.82, 2.24) is 10.2 Å². The van der Waals surface area contributed by atoms with E-state index in [4.69, 9.17) is 4.99 Å². The predicted octanol–water partition coefficient (Wildman–Crippen LogP) is 2.61. The zero-order chi connectivity index (χ0) is 16.8. The smallest absolute Gasteiger partial charge is 0.194 e. The van der Waals surface area contributed by atoms with E-state index >= 15 is 0 Å². The summed E-state index contributed by atoms with van der Waals surface area (Å²) < 4.78 is 0. The molecule has 0 aliphatic carbocycles. The lowest BCUT2D eigenvalue weighted by atomic mass is 10.00. The molecule has 0 saturated carbocycles. The van der Waals surface area contributed by atoms with Crippen molar-refractivity contribution in [3.63, 3.8) is 0 Å². The lowest BCUT2D eigenvalue weighted by Gasteiger charge is -2.30. The molecule has 4 nitrogen and oxygen atoms in total. The molecule has 130 valence electrons. The Balaban J connectivity index is 1.66. The van der Waals surface area contributed by atoms with Gasteiger partial charge in [0.2, 0.25) is 0 Å². The number of guanidine groups is 1. The van der Waals surface area contributed by atoms with Crippen LogP contribution in [0.15, 0.2) is 41.4 Å². The molecule has 0 spiro atoms. The highest BCUT2D eigenvalue weighted by Gasteiger charge is 2.31. The van der Waals surface area contributed by atoms with Gasteiger partial charge >= 0.3 is 0 Å². The van der Waals surface area contributed by atoms with E-state index in [0.29, 0.717) is 6.54 Å².